The van der Waals surface area contributed by atoms with Crippen molar-refractivity contribution in [3.63, 3.8) is 0 Å². The van der Waals surface area contributed by atoms with Crippen LogP contribution in [-0.4, -0.2) is 11.8 Å². The normalized spacial score (nSPS) is 10.3. The molecule has 0 saturated carbocycles. The first-order valence-corrected chi connectivity index (χ1v) is 10.3. The minimum absolute atomic E-state index is 0.166. The second-order valence-electron chi connectivity index (χ2n) is 7.34. The molecule has 0 heterocycles. The zero-order valence-corrected chi connectivity index (χ0v) is 17.6. The smallest absolute Gasteiger partial charge is 0.257 e. The van der Waals surface area contributed by atoms with E-state index in [1.807, 2.05) is 73.7 Å². The molecule has 2 amide bonds. The molecule has 0 aromatic heterocycles. The van der Waals surface area contributed by atoms with Crippen LogP contribution in [0.5, 0.6) is 0 Å². The van der Waals surface area contributed by atoms with Gasteiger partial charge >= 0.3 is 0 Å². The number of benzene rings is 4. The van der Waals surface area contributed by atoms with Gasteiger partial charge in [0.1, 0.15) is 0 Å². The molecule has 0 radical (unpaired) electrons. The Kier molecular flexibility index (Phi) is 6.28. The van der Waals surface area contributed by atoms with Gasteiger partial charge in [0.25, 0.3) is 11.8 Å². The molecule has 4 aromatic carbocycles. The van der Waals surface area contributed by atoms with Crippen molar-refractivity contribution in [2.75, 3.05) is 16.0 Å². The lowest BCUT2D eigenvalue weighted by Crippen LogP contribution is -2.15. The number of hydrogen-bond donors (Lipinski definition) is 3. The van der Waals surface area contributed by atoms with Gasteiger partial charge in [0.2, 0.25) is 0 Å². The highest BCUT2D eigenvalue weighted by Crippen LogP contribution is 2.22. The maximum atomic E-state index is 12.9. The van der Waals surface area contributed by atoms with Crippen molar-refractivity contribution in [1.29, 1.82) is 0 Å². The average molecular weight is 422 g/mol. The quantitative estimate of drug-likeness (QED) is 0.345. The van der Waals surface area contributed by atoms with Gasteiger partial charge in [0.05, 0.1) is 11.3 Å². The van der Waals surface area contributed by atoms with Gasteiger partial charge in [-0.05, 0) is 67.1 Å². The van der Waals surface area contributed by atoms with Crippen LogP contribution in [0.1, 0.15) is 26.3 Å². The third-order valence-corrected chi connectivity index (χ3v) is 5.01. The van der Waals surface area contributed by atoms with Crippen molar-refractivity contribution in [3.8, 4) is 0 Å². The Labute approximate surface area is 187 Å². The molecule has 4 aromatic rings. The van der Waals surface area contributed by atoms with Gasteiger partial charge in [0.15, 0.2) is 0 Å². The summed E-state index contributed by atoms with van der Waals surface area (Å²) in [6.45, 7) is 1.90. The molecule has 5 nitrogen and oxygen atoms in total. The first-order valence-electron chi connectivity index (χ1n) is 10.3. The van der Waals surface area contributed by atoms with Gasteiger partial charge in [-0.25, -0.2) is 0 Å². The maximum absolute atomic E-state index is 12.9. The first kappa shape index (κ1) is 20.9. The van der Waals surface area contributed by atoms with Crippen molar-refractivity contribution in [2.45, 2.75) is 6.92 Å². The Morgan fingerprint density at radius 2 is 1.03 bits per heavy atom. The fraction of sp³-hybridized carbons (Fsp3) is 0.0370. The number of carbonyl (C=O) groups excluding carboxylic acids is 2. The number of nitrogens with one attached hydrogen (secondary N) is 3. The largest absolute Gasteiger partial charge is 0.355 e. The molecule has 32 heavy (non-hydrogen) atoms. The summed E-state index contributed by atoms with van der Waals surface area (Å²) >= 11 is 0. The first-order chi connectivity index (χ1) is 15.6. The van der Waals surface area contributed by atoms with Gasteiger partial charge in [-0.15, -0.1) is 0 Å². The molecular formula is C27H23N3O2. The van der Waals surface area contributed by atoms with E-state index in [9.17, 15) is 9.59 Å². The minimum Gasteiger partial charge on any atom is -0.355 e. The van der Waals surface area contributed by atoms with Gasteiger partial charge < -0.3 is 16.0 Å². The molecule has 5 heteroatoms. The topological polar surface area (TPSA) is 70.2 Å². The summed E-state index contributed by atoms with van der Waals surface area (Å²) < 4.78 is 0. The van der Waals surface area contributed by atoms with Crippen LogP contribution in [0.4, 0.5) is 22.7 Å². The van der Waals surface area contributed by atoms with Gasteiger partial charge in [-0.3, -0.25) is 9.59 Å². The van der Waals surface area contributed by atoms with Gasteiger partial charge in [-0.1, -0.05) is 48.5 Å². The van der Waals surface area contributed by atoms with E-state index in [1.165, 1.54) is 0 Å². The molecule has 0 saturated heterocycles. The van der Waals surface area contributed by atoms with E-state index in [0.717, 1.165) is 16.9 Å². The fourth-order valence-corrected chi connectivity index (χ4v) is 3.33. The van der Waals surface area contributed by atoms with Crippen LogP contribution in [0.25, 0.3) is 0 Å². The molecule has 0 bridgehead atoms. The lowest BCUT2D eigenvalue weighted by Gasteiger charge is -2.13. The highest BCUT2D eigenvalue weighted by molar-refractivity contribution is 6.09. The molecule has 0 spiro atoms. The van der Waals surface area contributed by atoms with Crippen molar-refractivity contribution < 1.29 is 9.59 Å². The number of aryl methyl sites for hydroxylation is 1. The molecular weight excluding hydrogens is 398 g/mol. The number of para-hydroxylation sites is 2. The van der Waals surface area contributed by atoms with E-state index in [2.05, 4.69) is 16.0 Å². The van der Waals surface area contributed by atoms with E-state index < -0.39 is 0 Å². The molecule has 0 aliphatic carbocycles. The highest BCUT2D eigenvalue weighted by Gasteiger charge is 2.12. The van der Waals surface area contributed by atoms with Gasteiger partial charge in [0, 0.05) is 22.6 Å². The summed E-state index contributed by atoms with van der Waals surface area (Å²) in [6, 6.07) is 31.5. The van der Waals surface area contributed by atoms with Crippen molar-refractivity contribution in [2.24, 2.45) is 0 Å². The molecule has 158 valence electrons. The zero-order chi connectivity index (χ0) is 22.3. The van der Waals surface area contributed by atoms with Crippen LogP contribution >= 0.6 is 0 Å². The second-order valence-corrected chi connectivity index (χ2v) is 7.34. The van der Waals surface area contributed by atoms with Crippen LogP contribution < -0.4 is 16.0 Å². The van der Waals surface area contributed by atoms with Crippen LogP contribution in [-0.2, 0) is 0 Å². The van der Waals surface area contributed by atoms with E-state index in [-0.39, 0.29) is 11.8 Å². The summed E-state index contributed by atoms with van der Waals surface area (Å²) in [5.41, 5.74) is 5.00. The third kappa shape index (κ3) is 5.02. The Morgan fingerprint density at radius 1 is 0.531 bits per heavy atom. The predicted molar refractivity (Wildman–Crippen MR) is 130 cm³/mol. The van der Waals surface area contributed by atoms with Gasteiger partial charge in [-0.2, -0.15) is 0 Å². The summed E-state index contributed by atoms with van der Waals surface area (Å²) in [6.07, 6.45) is 0. The molecule has 4 rings (SSSR count). The number of rotatable bonds is 6. The van der Waals surface area contributed by atoms with Crippen LogP contribution in [0.2, 0.25) is 0 Å². The zero-order valence-electron chi connectivity index (χ0n) is 17.6. The van der Waals surface area contributed by atoms with Crippen LogP contribution in [0.3, 0.4) is 0 Å². The van der Waals surface area contributed by atoms with Crippen molar-refractivity contribution >= 4 is 34.6 Å². The molecule has 0 atom stereocenters. The summed E-state index contributed by atoms with van der Waals surface area (Å²) in [5, 5.41) is 9.08. The molecule has 0 aliphatic rings. The van der Waals surface area contributed by atoms with Crippen molar-refractivity contribution in [3.05, 3.63) is 120 Å². The van der Waals surface area contributed by atoms with Crippen molar-refractivity contribution in [1.82, 2.24) is 0 Å². The van der Waals surface area contributed by atoms with Crippen LogP contribution in [0.15, 0.2) is 103 Å². The van der Waals surface area contributed by atoms with E-state index in [0.29, 0.717) is 22.5 Å². The third-order valence-electron chi connectivity index (χ3n) is 5.01. The number of amides is 2. The second kappa shape index (κ2) is 9.62. The number of carbonyl (C=O) groups is 2. The molecule has 0 aliphatic heterocycles. The van der Waals surface area contributed by atoms with Crippen LogP contribution in [0, 0.1) is 6.92 Å². The Hall–Kier alpha value is -4.38. The van der Waals surface area contributed by atoms with E-state index in [4.69, 9.17) is 0 Å². The summed E-state index contributed by atoms with van der Waals surface area (Å²) in [7, 11) is 0. The SMILES string of the molecule is Cc1ccccc1C(=O)Nc1ccc(NC(=O)c2ccccc2Nc2ccccc2)cc1. The Morgan fingerprint density at radius 3 is 1.66 bits per heavy atom. The average Bonchev–Trinajstić information content (AvgIpc) is 2.81. The Balaban J connectivity index is 1.43. The molecule has 0 unspecified atom stereocenters. The number of anilines is 4. The Bertz CT molecular complexity index is 1240. The summed E-state index contributed by atoms with van der Waals surface area (Å²) in [5.74, 6) is -0.387. The number of hydrogen-bond acceptors (Lipinski definition) is 3. The summed E-state index contributed by atoms with van der Waals surface area (Å²) in [4.78, 5) is 25.4. The standard InChI is InChI=1S/C27H23N3O2/c1-19-9-5-6-12-23(19)26(31)29-21-15-17-22(18-16-21)30-27(32)24-13-7-8-14-25(24)28-20-10-3-2-4-11-20/h2-18,28H,1H3,(H,29,31)(H,30,32). The molecule has 0 fully saturated rings. The highest BCUT2D eigenvalue weighted by atomic mass is 16.2. The lowest BCUT2D eigenvalue weighted by molar-refractivity contribution is 0.101. The van der Waals surface area contributed by atoms with E-state index in [1.54, 1.807) is 36.4 Å². The fourth-order valence-electron chi connectivity index (χ4n) is 3.33. The predicted octanol–water partition coefficient (Wildman–Crippen LogP) is 6.24. The molecule has 3 N–H and O–H groups in total. The maximum Gasteiger partial charge on any atom is 0.257 e. The monoisotopic (exact) mass is 421 g/mol. The lowest BCUT2D eigenvalue weighted by atomic mass is 10.1. The van der Waals surface area contributed by atoms with E-state index >= 15 is 0 Å². The minimum atomic E-state index is -0.222.